The Balaban J connectivity index is 2.64. The van der Waals surface area contributed by atoms with Crippen LogP contribution in [-0.4, -0.2) is 18.0 Å². The second kappa shape index (κ2) is 4.78. The van der Waals surface area contributed by atoms with E-state index in [1.807, 2.05) is 6.92 Å². The number of hydrogen-bond acceptors (Lipinski definition) is 2. The summed E-state index contributed by atoms with van der Waals surface area (Å²) < 4.78 is 0. The molecule has 0 radical (unpaired) electrons. The average molecular weight is 198 g/mol. The molecular weight excluding hydrogens is 176 g/mol. The van der Waals surface area contributed by atoms with Crippen LogP contribution in [0.2, 0.25) is 0 Å². The molecule has 1 amide bonds. The fourth-order valence-corrected chi connectivity index (χ4v) is 2.32. The van der Waals surface area contributed by atoms with Crippen LogP contribution in [0.4, 0.5) is 0 Å². The van der Waals surface area contributed by atoms with Crippen molar-refractivity contribution in [2.45, 2.75) is 51.5 Å². The first-order chi connectivity index (χ1) is 6.61. The summed E-state index contributed by atoms with van der Waals surface area (Å²) in [5, 5.41) is 3.31. The third-order valence-electron chi connectivity index (χ3n) is 3.43. The van der Waals surface area contributed by atoms with Gasteiger partial charge in [0.25, 0.3) is 0 Å². The molecule has 0 spiro atoms. The van der Waals surface area contributed by atoms with Crippen LogP contribution < -0.4 is 11.1 Å². The normalized spacial score (nSPS) is 22.1. The Morgan fingerprint density at radius 1 is 1.50 bits per heavy atom. The van der Waals surface area contributed by atoms with Crippen molar-refractivity contribution < 1.29 is 4.79 Å². The highest BCUT2D eigenvalue weighted by Gasteiger charge is 2.40. The Hall–Kier alpha value is -0.570. The highest BCUT2D eigenvalue weighted by atomic mass is 16.1. The molecule has 1 aliphatic rings. The van der Waals surface area contributed by atoms with Gasteiger partial charge in [-0.1, -0.05) is 19.8 Å². The number of carbonyl (C=O) groups excluding carboxylic acids is 1. The van der Waals surface area contributed by atoms with Crippen molar-refractivity contribution in [2.24, 2.45) is 11.7 Å². The zero-order chi connectivity index (χ0) is 10.6. The van der Waals surface area contributed by atoms with Crippen molar-refractivity contribution in [3.05, 3.63) is 0 Å². The summed E-state index contributed by atoms with van der Waals surface area (Å²) >= 11 is 0. The Bertz CT molecular complexity index is 199. The monoisotopic (exact) mass is 198 g/mol. The number of carbonyl (C=O) groups is 1. The summed E-state index contributed by atoms with van der Waals surface area (Å²) in [5.41, 5.74) is 5.01. The van der Waals surface area contributed by atoms with E-state index < -0.39 is 5.54 Å². The van der Waals surface area contributed by atoms with Gasteiger partial charge in [0.2, 0.25) is 5.91 Å². The zero-order valence-corrected chi connectivity index (χ0v) is 9.31. The topological polar surface area (TPSA) is 55.1 Å². The summed E-state index contributed by atoms with van der Waals surface area (Å²) in [6.07, 6.45) is 5.78. The summed E-state index contributed by atoms with van der Waals surface area (Å²) in [4.78, 5) is 11.5. The lowest BCUT2D eigenvalue weighted by molar-refractivity contribution is -0.125. The van der Waals surface area contributed by atoms with Gasteiger partial charge in [0.05, 0.1) is 5.54 Å². The van der Waals surface area contributed by atoms with Gasteiger partial charge in [0, 0.05) is 0 Å². The van der Waals surface area contributed by atoms with Gasteiger partial charge in [-0.2, -0.15) is 0 Å². The molecule has 1 aliphatic carbocycles. The first kappa shape index (κ1) is 11.5. The van der Waals surface area contributed by atoms with Gasteiger partial charge in [-0.3, -0.25) is 4.79 Å². The second-order valence-corrected chi connectivity index (χ2v) is 4.47. The minimum atomic E-state index is -0.480. The van der Waals surface area contributed by atoms with Crippen LogP contribution in [0.1, 0.15) is 46.0 Å². The molecular formula is C11H22N2O. The smallest absolute Gasteiger partial charge is 0.237 e. The third-order valence-corrected chi connectivity index (χ3v) is 3.43. The molecule has 3 nitrogen and oxygen atoms in total. The van der Waals surface area contributed by atoms with E-state index in [4.69, 9.17) is 5.73 Å². The molecule has 0 aromatic heterocycles. The Morgan fingerprint density at radius 3 is 2.50 bits per heavy atom. The van der Waals surface area contributed by atoms with E-state index in [0.717, 1.165) is 25.8 Å². The molecule has 82 valence electrons. The molecule has 3 heteroatoms. The SMILES string of the molecule is CCCNC(C)(C(N)=O)C1CCCC1. The van der Waals surface area contributed by atoms with Gasteiger partial charge >= 0.3 is 0 Å². The molecule has 0 bridgehead atoms. The van der Waals surface area contributed by atoms with Gasteiger partial charge in [-0.15, -0.1) is 0 Å². The lowest BCUT2D eigenvalue weighted by Gasteiger charge is -2.33. The fourth-order valence-electron chi connectivity index (χ4n) is 2.32. The molecule has 1 atom stereocenters. The quantitative estimate of drug-likeness (QED) is 0.702. The second-order valence-electron chi connectivity index (χ2n) is 4.47. The van der Waals surface area contributed by atoms with Crippen LogP contribution >= 0.6 is 0 Å². The van der Waals surface area contributed by atoms with Crippen molar-refractivity contribution in [3.63, 3.8) is 0 Å². The number of amides is 1. The summed E-state index contributed by atoms with van der Waals surface area (Å²) in [7, 11) is 0. The maximum Gasteiger partial charge on any atom is 0.237 e. The standard InChI is InChI=1S/C11H22N2O/c1-3-8-13-11(2,10(12)14)9-6-4-5-7-9/h9,13H,3-8H2,1-2H3,(H2,12,14). The molecule has 0 aliphatic heterocycles. The van der Waals surface area contributed by atoms with Crippen LogP contribution in [-0.2, 0) is 4.79 Å². The minimum absolute atomic E-state index is 0.196. The molecule has 14 heavy (non-hydrogen) atoms. The van der Waals surface area contributed by atoms with Gasteiger partial charge in [-0.05, 0) is 38.6 Å². The Morgan fingerprint density at radius 2 is 2.07 bits per heavy atom. The van der Waals surface area contributed by atoms with E-state index in [2.05, 4.69) is 12.2 Å². The highest BCUT2D eigenvalue weighted by molar-refractivity contribution is 5.84. The first-order valence-electron chi connectivity index (χ1n) is 5.66. The Labute approximate surface area is 86.4 Å². The van der Waals surface area contributed by atoms with E-state index in [-0.39, 0.29) is 5.91 Å². The van der Waals surface area contributed by atoms with Crippen molar-refractivity contribution in [1.82, 2.24) is 5.32 Å². The molecule has 0 heterocycles. The molecule has 3 N–H and O–H groups in total. The number of rotatable bonds is 5. The summed E-state index contributed by atoms with van der Waals surface area (Å²) in [6, 6.07) is 0. The predicted octanol–water partition coefficient (Wildman–Crippen LogP) is 1.42. The average Bonchev–Trinajstić information content (AvgIpc) is 2.66. The van der Waals surface area contributed by atoms with Crippen LogP contribution in [0, 0.1) is 5.92 Å². The molecule has 0 aromatic carbocycles. The highest BCUT2D eigenvalue weighted by Crippen LogP contribution is 2.33. The summed E-state index contributed by atoms with van der Waals surface area (Å²) in [6.45, 7) is 4.93. The Kier molecular flexibility index (Phi) is 3.93. The maximum absolute atomic E-state index is 11.5. The fraction of sp³-hybridized carbons (Fsp3) is 0.909. The molecule has 1 unspecified atom stereocenters. The number of nitrogens with one attached hydrogen (secondary N) is 1. The van der Waals surface area contributed by atoms with Crippen LogP contribution in [0.15, 0.2) is 0 Å². The molecule has 1 fully saturated rings. The minimum Gasteiger partial charge on any atom is -0.368 e. The molecule has 0 aromatic rings. The van der Waals surface area contributed by atoms with Gasteiger partial charge in [0.1, 0.15) is 0 Å². The van der Waals surface area contributed by atoms with Crippen molar-refractivity contribution in [2.75, 3.05) is 6.54 Å². The van der Waals surface area contributed by atoms with Crippen molar-refractivity contribution in [1.29, 1.82) is 0 Å². The van der Waals surface area contributed by atoms with Crippen molar-refractivity contribution in [3.8, 4) is 0 Å². The van der Waals surface area contributed by atoms with Crippen molar-refractivity contribution >= 4 is 5.91 Å². The van der Waals surface area contributed by atoms with Gasteiger partial charge in [-0.25, -0.2) is 0 Å². The van der Waals surface area contributed by atoms with Gasteiger partial charge in [0.15, 0.2) is 0 Å². The van der Waals surface area contributed by atoms with E-state index in [1.165, 1.54) is 12.8 Å². The van der Waals surface area contributed by atoms with Crippen LogP contribution in [0.3, 0.4) is 0 Å². The first-order valence-corrected chi connectivity index (χ1v) is 5.66. The molecule has 1 rings (SSSR count). The molecule has 0 saturated heterocycles. The lowest BCUT2D eigenvalue weighted by atomic mass is 9.83. The van der Waals surface area contributed by atoms with Crippen LogP contribution in [0.5, 0.6) is 0 Å². The summed E-state index contributed by atoms with van der Waals surface area (Å²) in [5.74, 6) is 0.240. The third kappa shape index (κ3) is 2.27. The van der Waals surface area contributed by atoms with E-state index in [0.29, 0.717) is 5.92 Å². The number of primary amides is 1. The predicted molar refractivity (Wildman–Crippen MR) is 57.9 cm³/mol. The number of nitrogens with two attached hydrogens (primary N) is 1. The van der Waals surface area contributed by atoms with E-state index in [9.17, 15) is 4.79 Å². The van der Waals surface area contributed by atoms with Crippen LogP contribution in [0.25, 0.3) is 0 Å². The molecule has 1 saturated carbocycles. The lowest BCUT2D eigenvalue weighted by Crippen LogP contribution is -2.57. The number of hydrogen-bond donors (Lipinski definition) is 2. The largest absolute Gasteiger partial charge is 0.368 e. The zero-order valence-electron chi connectivity index (χ0n) is 9.31. The van der Waals surface area contributed by atoms with E-state index in [1.54, 1.807) is 0 Å². The maximum atomic E-state index is 11.5. The van der Waals surface area contributed by atoms with Gasteiger partial charge < -0.3 is 11.1 Å². The van der Waals surface area contributed by atoms with E-state index >= 15 is 0 Å².